The molecule has 0 aliphatic heterocycles. The van der Waals surface area contributed by atoms with Gasteiger partial charge in [0.1, 0.15) is 11.9 Å². The van der Waals surface area contributed by atoms with Gasteiger partial charge in [0.15, 0.2) is 11.6 Å². The molecule has 0 spiro atoms. The largest absolute Gasteiger partial charge is 0.326 e. The standard InChI is InChI=1S/C22H19F2N3OS/c1-14-15(2)27(12-16-6-4-3-5-7-16)22(18(14)11-25)26-21(28)13-29-17-8-9-19(23)20(24)10-17/h3-10H,12-13H2,1-2H3,(H,26,28). The van der Waals surface area contributed by atoms with Crippen molar-refractivity contribution in [2.24, 2.45) is 0 Å². The summed E-state index contributed by atoms with van der Waals surface area (Å²) in [6, 6.07) is 15.4. The fourth-order valence-corrected chi connectivity index (χ4v) is 3.70. The average molecular weight is 411 g/mol. The molecule has 7 heteroatoms. The van der Waals surface area contributed by atoms with E-state index < -0.39 is 11.6 Å². The molecular weight excluding hydrogens is 392 g/mol. The summed E-state index contributed by atoms with van der Waals surface area (Å²) in [6.45, 7) is 4.27. The Kier molecular flexibility index (Phi) is 6.35. The number of hydrogen-bond acceptors (Lipinski definition) is 3. The second kappa shape index (κ2) is 8.93. The van der Waals surface area contributed by atoms with E-state index >= 15 is 0 Å². The van der Waals surface area contributed by atoms with E-state index in [1.165, 1.54) is 6.07 Å². The van der Waals surface area contributed by atoms with Crippen molar-refractivity contribution in [3.05, 3.63) is 82.5 Å². The summed E-state index contributed by atoms with van der Waals surface area (Å²) in [5.41, 5.74) is 3.17. The summed E-state index contributed by atoms with van der Waals surface area (Å²) >= 11 is 1.09. The van der Waals surface area contributed by atoms with Crippen LogP contribution in [0.15, 0.2) is 53.4 Å². The predicted octanol–water partition coefficient (Wildman–Crippen LogP) is 5.03. The summed E-state index contributed by atoms with van der Waals surface area (Å²) in [6.07, 6.45) is 0. The lowest BCUT2D eigenvalue weighted by Crippen LogP contribution is -2.18. The molecule has 1 aromatic heterocycles. The molecule has 0 bridgehead atoms. The van der Waals surface area contributed by atoms with E-state index in [4.69, 9.17) is 0 Å². The molecule has 0 fully saturated rings. The van der Waals surface area contributed by atoms with Crippen LogP contribution in [-0.4, -0.2) is 16.2 Å². The number of nitrogens with one attached hydrogen (secondary N) is 1. The van der Waals surface area contributed by atoms with Crippen molar-refractivity contribution >= 4 is 23.5 Å². The molecule has 0 unspecified atom stereocenters. The average Bonchev–Trinajstić information content (AvgIpc) is 2.93. The fourth-order valence-electron chi connectivity index (χ4n) is 2.98. The summed E-state index contributed by atoms with van der Waals surface area (Å²) in [4.78, 5) is 13.0. The van der Waals surface area contributed by atoms with Crippen molar-refractivity contribution in [2.75, 3.05) is 11.1 Å². The van der Waals surface area contributed by atoms with E-state index in [0.29, 0.717) is 22.8 Å². The molecule has 3 rings (SSSR count). The number of nitriles is 1. The van der Waals surface area contributed by atoms with Crippen molar-refractivity contribution < 1.29 is 13.6 Å². The quantitative estimate of drug-likeness (QED) is 0.579. The number of carbonyl (C=O) groups is 1. The van der Waals surface area contributed by atoms with Crippen LogP contribution in [0.4, 0.5) is 14.6 Å². The van der Waals surface area contributed by atoms with Gasteiger partial charge in [-0.1, -0.05) is 30.3 Å². The van der Waals surface area contributed by atoms with Gasteiger partial charge < -0.3 is 9.88 Å². The third-order valence-electron chi connectivity index (χ3n) is 4.64. The third kappa shape index (κ3) is 4.66. The Morgan fingerprint density at radius 2 is 1.86 bits per heavy atom. The highest BCUT2D eigenvalue weighted by Crippen LogP contribution is 2.28. The third-order valence-corrected chi connectivity index (χ3v) is 5.64. The van der Waals surface area contributed by atoms with Gasteiger partial charge in [-0.2, -0.15) is 5.26 Å². The molecule has 1 amide bonds. The maximum Gasteiger partial charge on any atom is 0.235 e. The molecule has 2 aromatic carbocycles. The number of hydrogen-bond donors (Lipinski definition) is 1. The van der Waals surface area contributed by atoms with Gasteiger partial charge in [0.2, 0.25) is 5.91 Å². The van der Waals surface area contributed by atoms with Gasteiger partial charge >= 0.3 is 0 Å². The van der Waals surface area contributed by atoms with E-state index in [1.807, 2.05) is 48.7 Å². The van der Waals surface area contributed by atoms with Gasteiger partial charge in [0.05, 0.1) is 11.3 Å². The van der Waals surface area contributed by atoms with Crippen molar-refractivity contribution in [1.82, 2.24) is 4.57 Å². The maximum atomic E-state index is 13.3. The van der Waals surface area contributed by atoms with E-state index in [2.05, 4.69) is 11.4 Å². The topological polar surface area (TPSA) is 57.8 Å². The SMILES string of the molecule is Cc1c(C#N)c(NC(=O)CSc2ccc(F)c(F)c2)n(Cc2ccccc2)c1C. The first-order chi connectivity index (χ1) is 13.9. The Hall–Kier alpha value is -3.11. The molecule has 3 aromatic rings. The van der Waals surface area contributed by atoms with Crippen molar-refractivity contribution in [3.63, 3.8) is 0 Å². The number of anilines is 1. The lowest BCUT2D eigenvalue weighted by atomic mass is 10.2. The number of thioether (sulfide) groups is 1. The van der Waals surface area contributed by atoms with Crippen LogP contribution in [0.3, 0.4) is 0 Å². The minimum atomic E-state index is -0.954. The summed E-state index contributed by atoms with van der Waals surface area (Å²) in [5, 5.41) is 12.4. The predicted molar refractivity (Wildman–Crippen MR) is 110 cm³/mol. The molecular formula is C22H19F2N3OS. The zero-order valence-electron chi connectivity index (χ0n) is 16.0. The van der Waals surface area contributed by atoms with Crippen LogP contribution >= 0.6 is 11.8 Å². The molecule has 0 atom stereocenters. The molecule has 0 aliphatic carbocycles. The molecule has 29 heavy (non-hydrogen) atoms. The number of carbonyl (C=O) groups excluding carboxylic acids is 1. The second-order valence-electron chi connectivity index (χ2n) is 6.53. The first-order valence-corrected chi connectivity index (χ1v) is 9.90. The number of benzene rings is 2. The highest BCUT2D eigenvalue weighted by Gasteiger charge is 2.20. The minimum Gasteiger partial charge on any atom is -0.326 e. The molecule has 0 saturated carbocycles. The van der Waals surface area contributed by atoms with Crippen LogP contribution in [0, 0.1) is 36.8 Å². The summed E-state index contributed by atoms with van der Waals surface area (Å²) in [5.74, 6) is -1.76. The molecule has 4 nitrogen and oxygen atoms in total. The number of nitrogens with zero attached hydrogens (tertiary/aromatic N) is 2. The van der Waals surface area contributed by atoms with Crippen LogP contribution < -0.4 is 5.32 Å². The van der Waals surface area contributed by atoms with E-state index in [-0.39, 0.29) is 11.7 Å². The number of aromatic nitrogens is 1. The van der Waals surface area contributed by atoms with Crippen LogP contribution in [0.1, 0.15) is 22.4 Å². The molecule has 148 valence electrons. The van der Waals surface area contributed by atoms with Gasteiger partial charge in [0, 0.05) is 17.1 Å². The molecule has 1 heterocycles. The van der Waals surface area contributed by atoms with Gasteiger partial charge in [-0.05, 0) is 43.2 Å². The highest BCUT2D eigenvalue weighted by molar-refractivity contribution is 8.00. The number of amides is 1. The Balaban J connectivity index is 1.80. The maximum absolute atomic E-state index is 13.3. The van der Waals surface area contributed by atoms with Crippen molar-refractivity contribution in [3.8, 4) is 6.07 Å². The minimum absolute atomic E-state index is 0.00452. The first-order valence-electron chi connectivity index (χ1n) is 8.92. The monoisotopic (exact) mass is 411 g/mol. The van der Waals surface area contributed by atoms with Crippen molar-refractivity contribution in [2.45, 2.75) is 25.3 Å². The normalized spacial score (nSPS) is 10.6. The molecule has 0 saturated heterocycles. The van der Waals surface area contributed by atoms with Gasteiger partial charge in [-0.25, -0.2) is 8.78 Å². The van der Waals surface area contributed by atoms with E-state index in [9.17, 15) is 18.8 Å². The molecule has 0 aliphatic rings. The summed E-state index contributed by atoms with van der Waals surface area (Å²) < 4.78 is 28.3. The smallest absolute Gasteiger partial charge is 0.235 e. The van der Waals surface area contributed by atoms with Crippen molar-refractivity contribution in [1.29, 1.82) is 5.26 Å². The highest BCUT2D eigenvalue weighted by atomic mass is 32.2. The lowest BCUT2D eigenvalue weighted by Gasteiger charge is -2.13. The van der Waals surface area contributed by atoms with Crippen LogP contribution in [0.2, 0.25) is 0 Å². The lowest BCUT2D eigenvalue weighted by molar-refractivity contribution is -0.113. The van der Waals surface area contributed by atoms with Crippen LogP contribution in [-0.2, 0) is 11.3 Å². The van der Waals surface area contributed by atoms with Gasteiger partial charge in [-0.3, -0.25) is 4.79 Å². The summed E-state index contributed by atoms with van der Waals surface area (Å²) in [7, 11) is 0. The first kappa shape index (κ1) is 20.6. The fraction of sp³-hybridized carbons (Fsp3) is 0.182. The number of halogens is 2. The zero-order chi connectivity index (χ0) is 21.0. The molecule has 0 radical (unpaired) electrons. The van der Waals surface area contributed by atoms with Gasteiger partial charge in [0.25, 0.3) is 0 Å². The second-order valence-corrected chi connectivity index (χ2v) is 7.58. The number of rotatable bonds is 6. The Morgan fingerprint density at radius 3 is 2.52 bits per heavy atom. The Morgan fingerprint density at radius 1 is 1.14 bits per heavy atom. The van der Waals surface area contributed by atoms with E-state index in [0.717, 1.165) is 40.7 Å². The molecule has 1 N–H and O–H groups in total. The Bertz CT molecular complexity index is 1090. The van der Waals surface area contributed by atoms with Gasteiger partial charge in [-0.15, -0.1) is 11.8 Å². The van der Waals surface area contributed by atoms with E-state index in [1.54, 1.807) is 0 Å². The van der Waals surface area contributed by atoms with Crippen LogP contribution in [0.5, 0.6) is 0 Å². The Labute approximate surface area is 172 Å². The zero-order valence-corrected chi connectivity index (χ0v) is 16.8. The van der Waals surface area contributed by atoms with Crippen LogP contribution in [0.25, 0.3) is 0 Å².